The van der Waals surface area contributed by atoms with Crippen molar-refractivity contribution in [2.75, 3.05) is 0 Å². The Morgan fingerprint density at radius 1 is 1.45 bits per heavy atom. The normalized spacial score (nSPS) is 16.3. The molecule has 0 heterocycles. The molecule has 0 aliphatic heterocycles. The van der Waals surface area contributed by atoms with Gasteiger partial charge in [-0.3, -0.25) is 0 Å². The Hall–Kier alpha value is 1.15. The van der Waals surface area contributed by atoms with Crippen molar-refractivity contribution in [2.45, 2.75) is 0 Å². The van der Waals surface area contributed by atoms with E-state index >= 15 is 0 Å². The molecule has 0 radical (unpaired) electrons. The van der Waals surface area contributed by atoms with Crippen molar-refractivity contribution >= 4 is 49.0 Å². The molecule has 11 heteroatoms. The average molecular weight is 195 g/mol. The minimum absolute atomic E-state index is 0.208. The van der Waals surface area contributed by atoms with Crippen LogP contribution >= 0.6 is 7.83 Å². The molecule has 1 unspecified atom stereocenters. The van der Waals surface area contributed by atoms with E-state index in [2.05, 4.69) is 0 Å². The summed E-state index contributed by atoms with van der Waals surface area (Å²) in [6.45, 7) is 0. The minimum atomic E-state index is -5.50. The molecule has 0 spiro atoms. The first-order valence-electron chi connectivity index (χ1n) is 2.47. The van der Waals surface area contributed by atoms with Crippen molar-refractivity contribution < 1.29 is 26.0 Å². The van der Waals surface area contributed by atoms with Crippen molar-refractivity contribution in [3.63, 3.8) is 0 Å². The number of halogens is 2. The molecule has 0 saturated carbocycles. The molecule has 1 atom stereocenters. The van der Waals surface area contributed by atoms with E-state index in [-0.39, 0.29) is 4.49 Å². The summed E-state index contributed by atoms with van der Waals surface area (Å²) >= 11 is 4.00. The van der Waals surface area contributed by atoms with E-state index in [1.807, 2.05) is 30.8 Å². The zero-order valence-corrected chi connectivity index (χ0v) is 7.49. The van der Waals surface area contributed by atoms with Gasteiger partial charge in [0.25, 0.3) is 0 Å². The summed E-state index contributed by atoms with van der Waals surface area (Å²) in [6, 6.07) is 0. The van der Waals surface area contributed by atoms with Crippen LogP contribution in [0.1, 0.15) is 0 Å². The van der Waals surface area contributed by atoms with Crippen molar-refractivity contribution in [3.8, 4) is 0 Å². The molecule has 2 N–H and O–H groups in total. The van der Waals surface area contributed by atoms with Crippen molar-refractivity contribution in [1.29, 1.82) is 0 Å². The van der Waals surface area contributed by atoms with E-state index in [0.717, 1.165) is 0 Å². The first-order chi connectivity index (χ1) is 4.71. The molecule has 58 valence electrons. The Labute approximate surface area is 79.3 Å². The maximum atomic E-state index is 11.3. The van der Waals surface area contributed by atoms with E-state index in [1.54, 1.807) is 0 Å². The van der Waals surface area contributed by atoms with Gasteiger partial charge in [0.1, 0.15) is 0 Å². The summed E-state index contributed by atoms with van der Waals surface area (Å²) in [5, 5.41) is 0. The summed E-state index contributed by atoms with van der Waals surface area (Å²) in [5.74, 6) is 0. The number of nitrogens with one attached hydrogen (secondary N) is 1. The fraction of sp³-hybridized carbons (Fsp3) is 0. The second-order valence-corrected chi connectivity index (χ2v) is 3.64. The summed E-state index contributed by atoms with van der Waals surface area (Å²) in [5.41, 5.74) is 0. The summed E-state index contributed by atoms with van der Waals surface area (Å²) in [4.78, 5) is 7.51. The molecule has 0 aliphatic carbocycles. The first kappa shape index (κ1) is 14.7. The molecule has 0 aromatic carbocycles. The fourth-order valence-corrected chi connectivity index (χ4v) is 1.21. The van der Waals surface area contributed by atoms with Gasteiger partial charge in [-0.25, -0.2) is 4.57 Å². The van der Waals surface area contributed by atoms with Crippen LogP contribution in [0.4, 0.5) is 8.08 Å². The monoisotopic (exact) mass is 195 g/mol. The van der Waals surface area contributed by atoms with Gasteiger partial charge >= 0.3 is 49.0 Å². The van der Waals surface area contributed by atoms with Crippen LogP contribution in [0.3, 0.4) is 0 Å². The van der Waals surface area contributed by atoms with Gasteiger partial charge in [0, 0.05) is 0 Å². The van der Waals surface area contributed by atoms with Gasteiger partial charge in [0.15, 0.2) is 0 Å². The summed E-state index contributed by atoms with van der Waals surface area (Å²) in [7, 11) is -10.9. The second kappa shape index (κ2) is 5.74. The molecule has 0 bridgehead atoms. The van der Waals surface area contributed by atoms with Crippen molar-refractivity contribution in [1.82, 2.24) is 4.49 Å². The fourth-order valence-electron chi connectivity index (χ4n) is 0.134. The predicted molar refractivity (Wildman–Crippen MR) is 35.6 cm³/mol. The third-order valence-corrected chi connectivity index (χ3v) is 1.99. The van der Waals surface area contributed by atoms with E-state index in [4.69, 9.17) is 4.89 Å². The molecule has 0 saturated heterocycles. The van der Waals surface area contributed by atoms with Crippen LogP contribution in [-0.2, 0) is 15.0 Å². The molecule has 0 aromatic rings. The van der Waals surface area contributed by atoms with Crippen molar-refractivity contribution in [2.24, 2.45) is 0 Å². The van der Waals surface area contributed by atoms with Crippen LogP contribution in [0.15, 0.2) is 0 Å². The third-order valence-electron chi connectivity index (χ3n) is 0.222. The standard InChI is InChI=1S/F2H2NO4PS.2Li/c1-8(4,5)3-9(2,6)7;;/h(H2,3,4,5);;. The van der Waals surface area contributed by atoms with Crippen LogP contribution in [0, 0.1) is 0 Å². The number of rotatable bonds is 2. The molecule has 0 rings (SSSR count). The molecule has 11 heavy (non-hydrogen) atoms. The topological polar surface area (TPSA) is 83.5 Å². The Balaban J connectivity index is 0. The van der Waals surface area contributed by atoms with E-state index in [0.29, 0.717) is 0 Å². The van der Waals surface area contributed by atoms with Crippen LogP contribution in [0.2, 0.25) is 0 Å². The van der Waals surface area contributed by atoms with Gasteiger partial charge in [0.2, 0.25) is 0 Å². The average Bonchev–Trinajstić information content (AvgIpc) is 1.60. The zero-order chi connectivity index (χ0) is 9.71. The first-order valence-corrected chi connectivity index (χ1v) is 5.40. The predicted octanol–water partition coefficient (Wildman–Crippen LogP) is -0.901. The van der Waals surface area contributed by atoms with Gasteiger partial charge in [-0.05, 0) is 0 Å². The third kappa shape index (κ3) is 18.3. The number of hydrogen-bond donors (Lipinski definition) is 2. The van der Waals surface area contributed by atoms with Crippen LogP contribution in [0.5, 0.6) is 0 Å². The zero-order valence-electron chi connectivity index (χ0n) is 5.78. The van der Waals surface area contributed by atoms with E-state index in [1.165, 1.54) is 0 Å². The molecule has 0 aliphatic rings. The molecular formula is H2F2Li2NO4PS. The second-order valence-electron chi connectivity index (χ2n) is 1.03. The van der Waals surface area contributed by atoms with Crippen LogP contribution < -0.4 is 4.49 Å². The Morgan fingerprint density at radius 2 is 1.73 bits per heavy atom. The van der Waals surface area contributed by atoms with Crippen molar-refractivity contribution in [3.05, 3.63) is 0 Å². The molecule has 0 amide bonds. The molecule has 5 nitrogen and oxygen atoms in total. The molecule has 0 fully saturated rings. The van der Waals surface area contributed by atoms with Gasteiger partial charge < -0.3 is 4.89 Å². The summed E-state index contributed by atoms with van der Waals surface area (Å²) in [6.07, 6.45) is 0. The van der Waals surface area contributed by atoms with Crippen LogP contribution in [0.25, 0.3) is 0 Å². The molecular weight excluding hydrogens is 193 g/mol. The number of hydrogen-bond acceptors (Lipinski definition) is 3. The van der Waals surface area contributed by atoms with E-state index < -0.39 is 18.2 Å². The van der Waals surface area contributed by atoms with Gasteiger partial charge in [-0.15, -0.1) is 4.20 Å². The van der Waals surface area contributed by atoms with Gasteiger partial charge in [-0.2, -0.15) is 8.42 Å². The summed E-state index contributed by atoms with van der Waals surface area (Å²) < 4.78 is 50.6. The Bertz CT molecular complexity index is 232. The Morgan fingerprint density at radius 3 is 1.73 bits per heavy atom. The Kier molecular flexibility index (Phi) is 7.65. The van der Waals surface area contributed by atoms with Crippen LogP contribution in [-0.4, -0.2) is 44.1 Å². The van der Waals surface area contributed by atoms with Gasteiger partial charge in [0.05, 0.1) is 0 Å². The van der Waals surface area contributed by atoms with Gasteiger partial charge in [-0.1, -0.05) is 8.38 Å². The quantitative estimate of drug-likeness (QED) is 0.339. The maximum absolute atomic E-state index is 11.3. The SMILES string of the molecule is O=P(O)(F)NS(=O)(=O)F.[Li][Li]. The van der Waals surface area contributed by atoms with E-state index in [9.17, 15) is 21.1 Å². The molecule has 0 aromatic heterocycles.